The second-order valence-electron chi connectivity index (χ2n) is 8.35. The average molecular weight is 419 g/mol. The lowest BCUT2D eigenvalue weighted by Crippen LogP contribution is -2.50. The highest BCUT2D eigenvalue weighted by Gasteiger charge is 2.32. The topological polar surface area (TPSA) is 49.3 Å². The van der Waals surface area contributed by atoms with Crippen LogP contribution in [0.3, 0.4) is 0 Å². The molecular formula is C21H27ClN4OS. The summed E-state index contributed by atoms with van der Waals surface area (Å²) in [5.74, 6) is 2.74. The molecule has 0 aromatic carbocycles. The molecule has 0 bridgehead atoms. The maximum absolute atomic E-state index is 12.2. The van der Waals surface area contributed by atoms with Gasteiger partial charge in [-0.15, -0.1) is 22.9 Å². The Kier molecular flexibility index (Phi) is 4.95. The summed E-state index contributed by atoms with van der Waals surface area (Å²) in [7, 11) is 0. The van der Waals surface area contributed by atoms with Gasteiger partial charge in [-0.2, -0.15) is 0 Å². The number of carbonyl (C=O) groups is 1. The highest BCUT2D eigenvalue weighted by molar-refractivity contribution is 7.19. The molecule has 150 valence electrons. The second kappa shape index (κ2) is 7.45. The Bertz CT molecular complexity index is 899. The Labute approximate surface area is 175 Å². The van der Waals surface area contributed by atoms with Crippen molar-refractivity contribution >= 4 is 44.9 Å². The smallest absolute Gasteiger partial charge is 0.240 e. The highest BCUT2D eigenvalue weighted by atomic mass is 35.5. The summed E-state index contributed by atoms with van der Waals surface area (Å²) in [6.45, 7) is 4.82. The van der Waals surface area contributed by atoms with E-state index in [-0.39, 0.29) is 5.91 Å². The van der Waals surface area contributed by atoms with Gasteiger partial charge >= 0.3 is 0 Å². The van der Waals surface area contributed by atoms with E-state index in [0.29, 0.717) is 19.0 Å². The summed E-state index contributed by atoms with van der Waals surface area (Å²) in [5, 5.41) is 0.850. The van der Waals surface area contributed by atoms with E-state index in [0.717, 1.165) is 31.2 Å². The largest absolute Gasteiger partial charge is 0.352 e. The number of aromatic nitrogens is 2. The summed E-state index contributed by atoms with van der Waals surface area (Å²) >= 11 is 7.91. The number of alkyl halides is 1. The zero-order valence-electron chi connectivity index (χ0n) is 16.4. The van der Waals surface area contributed by atoms with Gasteiger partial charge in [0.2, 0.25) is 5.91 Å². The van der Waals surface area contributed by atoms with Crippen LogP contribution in [0.25, 0.3) is 10.2 Å². The zero-order chi connectivity index (χ0) is 19.3. The van der Waals surface area contributed by atoms with Crippen molar-refractivity contribution in [3.63, 3.8) is 0 Å². The van der Waals surface area contributed by atoms with Gasteiger partial charge in [-0.25, -0.2) is 9.97 Å². The first-order chi connectivity index (χ1) is 13.6. The zero-order valence-corrected chi connectivity index (χ0v) is 18.0. The quantitative estimate of drug-likeness (QED) is 0.555. The van der Waals surface area contributed by atoms with Crippen molar-refractivity contribution in [3.8, 4) is 0 Å². The summed E-state index contributed by atoms with van der Waals surface area (Å²) < 4.78 is 0. The van der Waals surface area contributed by atoms with Crippen molar-refractivity contribution in [2.45, 2.75) is 63.2 Å². The molecule has 0 radical (unpaired) electrons. The minimum Gasteiger partial charge on any atom is -0.352 e. The van der Waals surface area contributed by atoms with E-state index in [1.165, 1.54) is 59.2 Å². The number of halogens is 1. The monoisotopic (exact) mass is 418 g/mol. The summed E-state index contributed by atoms with van der Waals surface area (Å²) in [6, 6.07) is 0. The predicted molar refractivity (Wildman–Crippen MR) is 115 cm³/mol. The third kappa shape index (κ3) is 3.39. The van der Waals surface area contributed by atoms with E-state index in [2.05, 4.69) is 4.90 Å². The number of fused-ring (bicyclic) bond motifs is 3. The van der Waals surface area contributed by atoms with Crippen LogP contribution in [0.4, 0.5) is 5.82 Å². The average Bonchev–Trinajstić information content (AvgIpc) is 3.52. The van der Waals surface area contributed by atoms with Gasteiger partial charge in [0.25, 0.3) is 0 Å². The number of aryl methyl sites for hydroxylation is 2. The van der Waals surface area contributed by atoms with Gasteiger partial charge in [0.15, 0.2) is 0 Å². The molecule has 5 rings (SSSR count). The fourth-order valence-corrected chi connectivity index (χ4v) is 5.88. The number of thiophene rings is 1. The lowest BCUT2D eigenvalue weighted by Gasteiger charge is -2.36. The standard InChI is InChI=1S/C21H27ClN4OS/c1-13(22)21(27)26-11-9-25(10-12-26)19-17-15-5-3-2-4-6-16(15)28-20(17)24-18(23-19)14-7-8-14/h13-14H,2-12H2,1H3. The molecular weight excluding hydrogens is 392 g/mol. The molecule has 2 aromatic rings. The Morgan fingerprint density at radius 2 is 1.86 bits per heavy atom. The molecule has 7 heteroatoms. The van der Waals surface area contributed by atoms with Crippen LogP contribution in [-0.2, 0) is 17.6 Å². The maximum Gasteiger partial charge on any atom is 0.240 e. The van der Waals surface area contributed by atoms with Gasteiger partial charge in [-0.3, -0.25) is 4.79 Å². The van der Waals surface area contributed by atoms with Crippen LogP contribution in [0.1, 0.15) is 61.2 Å². The molecule has 1 unspecified atom stereocenters. The number of hydrogen-bond donors (Lipinski definition) is 0. The Hall–Kier alpha value is -1.40. The number of amides is 1. The molecule has 28 heavy (non-hydrogen) atoms. The van der Waals surface area contributed by atoms with Gasteiger partial charge in [0.05, 0.1) is 5.39 Å². The molecule has 1 aliphatic heterocycles. The molecule has 0 N–H and O–H groups in total. The van der Waals surface area contributed by atoms with Crippen molar-refractivity contribution in [1.29, 1.82) is 0 Å². The van der Waals surface area contributed by atoms with Crippen LogP contribution in [0.15, 0.2) is 0 Å². The van der Waals surface area contributed by atoms with Crippen molar-refractivity contribution in [2.75, 3.05) is 31.1 Å². The van der Waals surface area contributed by atoms with Crippen LogP contribution in [0, 0.1) is 0 Å². The Balaban J connectivity index is 1.51. The summed E-state index contributed by atoms with van der Waals surface area (Å²) in [5.41, 5.74) is 1.50. The van der Waals surface area contributed by atoms with Crippen LogP contribution >= 0.6 is 22.9 Å². The van der Waals surface area contributed by atoms with Crippen LogP contribution in [-0.4, -0.2) is 52.3 Å². The van der Waals surface area contributed by atoms with Gasteiger partial charge in [-0.1, -0.05) is 6.42 Å². The van der Waals surface area contributed by atoms with E-state index < -0.39 is 5.38 Å². The fourth-order valence-electron chi connectivity index (χ4n) is 4.47. The van der Waals surface area contributed by atoms with Gasteiger partial charge < -0.3 is 9.80 Å². The third-order valence-electron chi connectivity index (χ3n) is 6.24. The van der Waals surface area contributed by atoms with Crippen LogP contribution < -0.4 is 4.90 Å². The van der Waals surface area contributed by atoms with E-state index in [9.17, 15) is 4.79 Å². The summed E-state index contributed by atoms with van der Waals surface area (Å²) in [6.07, 6.45) is 8.63. The molecule has 2 aromatic heterocycles. The van der Waals surface area contributed by atoms with Crippen LogP contribution in [0.2, 0.25) is 0 Å². The van der Waals surface area contributed by atoms with Gasteiger partial charge in [0.1, 0.15) is 21.8 Å². The minimum atomic E-state index is -0.452. The molecule has 2 fully saturated rings. The van der Waals surface area contributed by atoms with Crippen molar-refractivity contribution in [1.82, 2.24) is 14.9 Å². The minimum absolute atomic E-state index is 0.0391. The van der Waals surface area contributed by atoms with Crippen molar-refractivity contribution in [3.05, 3.63) is 16.3 Å². The lowest BCUT2D eigenvalue weighted by molar-refractivity contribution is -0.130. The highest BCUT2D eigenvalue weighted by Crippen LogP contribution is 2.44. The predicted octanol–water partition coefficient (Wildman–Crippen LogP) is 4.11. The Morgan fingerprint density at radius 1 is 1.11 bits per heavy atom. The number of rotatable bonds is 3. The molecule has 1 amide bonds. The van der Waals surface area contributed by atoms with Crippen LogP contribution in [0.5, 0.6) is 0 Å². The number of hydrogen-bond acceptors (Lipinski definition) is 5. The first-order valence-electron chi connectivity index (χ1n) is 10.6. The van der Waals surface area contributed by atoms with Gasteiger partial charge in [-0.05, 0) is 51.0 Å². The summed E-state index contributed by atoms with van der Waals surface area (Å²) in [4.78, 5) is 29.3. The van der Waals surface area contributed by atoms with Crippen molar-refractivity contribution in [2.24, 2.45) is 0 Å². The molecule has 0 spiro atoms. The number of piperazine rings is 1. The SMILES string of the molecule is CC(Cl)C(=O)N1CCN(c2nc(C3CC3)nc3sc4c(c23)CCCCC4)CC1. The molecule has 2 aliphatic carbocycles. The molecule has 3 aliphatic rings. The van der Waals surface area contributed by atoms with E-state index in [1.54, 1.807) is 6.92 Å². The van der Waals surface area contributed by atoms with Gasteiger partial charge in [0, 0.05) is 37.0 Å². The molecule has 1 saturated carbocycles. The maximum atomic E-state index is 12.2. The number of nitrogens with zero attached hydrogens (tertiary/aromatic N) is 4. The fraction of sp³-hybridized carbons (Fsp3) is 0.667. The normalized spacial score (nSPS) is 21.5. The number of carbonyl (C=O) groups excluding carboxylic acids is 1. The molecule has 1 saturated heterocycles. The lowest BCUT2D eigenvalue weighted by atomic mass is 10.1. The first kappa shape index (κ1) is 18.6. The van der Waals surface area contributed by atoms with E-state index >= 15 is 0 Å². The van der Waals surface area contributed by atoms with E-state index in [4.69, 9.17) is 21.6 Å². The third-order valence-corrected chi connectivity index (χ3v) is 7.61. The first-order valence-corrected chi connectivity index (χ1v) is 11.9. The van der Waals surface area contributed by atoms with Crippen molar-refractivity contribution < 1.29 is 4.79 Å². The molecule has 5 nitrogen and oxygen atoms in total. The molecule has 1 atom stereocenters. The van der Waals surface area contributed by atoms with E-state index in [1.807, 2.05) is 16.2 Å². The Morgan fingerprint density at radius 3 is 2.57 bits per heavy atom. The second-order valence-corrected chi connectivity index (χ2v) is 10.1. The number of anilines is 1. The molecule has 3 heterocycles.